The standard InChI is InChI=1S/C12H13NO5.C2H3I3/c1-7(14)8-5-9-10(13(15)16)3-4-11(17-2)12(9)18-6-8;1-2(3,4)5/h3-4,8H,5-6H2,1-2H3;1H3. The summed E-state index contributed by atoms with van der Waals surface area (Å²) in [5.74, 6) is 0.475. The molecule has 23 heavy (non-hydrogen) atoms. The fourth-order valence-corrected chi connectivity index (χ4v) is 2.03. The van der Waals surface area contributed by atoms with Gasteiger partial charge in [-0.2, -0.15) is 0 Å². The second-order valence-electron chi connectivity index (χ2n) is 4.96. The molecule has 0 aromatic heterocycles. The monoisotopic (exact) mass is 659 g/mol. The molecule has 0 amide bonds. The quantitative estimate of drug-likeness (QED) is 0.204. The van der Waals surface area contributed by atoms with Gasteiger partial charge in [-0.3, -0.25) is 14.9 Å². The van der Waals surface area contributed by atoms with E-state index in [0.29, 0.717) is 22.9 Å². The zero-order valence-electron chi connectivity index (χ0n) is 12.8. The molecule has 0 saturated carbocycles. The number of hydrogen-bond donors (Lipinski definition) is 0. The van der Waals surface area contributed by atoms with Gasteiger partial charge in [0.05, 0.1) is 30.1 Å². The van der Waals surface area contributed by atoms with Crippen LogP contribution in [0.2, 0.25) is 0 Å². The molecule has 6 nitrogen and oxygen atoms in total. The van der Waals surface area contributed by atoms with E-state index in [0.717, 1.165) is 0 Å². The number of methoxy groups -OCH3 is 1. The van der Waals surface area contributed by atoms with E-state index in [1.807, 2.05) is 0 Å². The van der Waals surface area contributed by atoms with E-state index in [1.165, 1.54) is 26.2 Å². The SMILES string of the molecule is CC(I)(I)I.COc1ccc([N+](=O)[O-])c2c1OCC(C(C)=O)C2. The van der Waals surface area contributed by atoms with Gasteiger partial charge in [-0.15, -0.1) is 0 Å². The number of alkyl halides is 3. The molecule has 0 radical (unpaired) electrons. The maximum Gasteiger partial charge on any atom is 0.276 e. The first-order valence-corrected chi connectivity index (χ1v) is 9.82. The minimum Gasteiger partial charge on any atom is -0.493 e. The van der Waals surface area contributed by atoms with Crippen molar-refractivity contribution in [1.29, 1.82) is 0 Å². The Morgan fingerprint density at radius 3 is 2.43 bits per heavy atom. The van der Waals surface area contributed by atoms with Crippen LogP contribution in [0.4, 0.5) is 5.69 Å². The number of ether oxygens (including phenoxy) is 2. The van der Waals surface area contributed by atoms with Crippen molar-refractivity contribution >= 4 is 79.2 Å². The number of halogens is 3. The summed E-state index contributed by atoms with van der Waals surface area (Å²) in [7, 11) is 1.47. The smallest absolute Gasteiger partial charge is 0.276 e. The number of hydrogen-bond acceptors (Lipinski definition) is 5. The van der Waals surface area contributed by atoms with Gasteiger partial charge in [0.15, 0.2) is 11.5 Å². The molecule has 0 spiro atoms. The third-order valence-corrected chi connectivity index (χ3v) is 3.07. The van der Waals surface area contributed by atoms with Crippen LogP contribution in [0, 0.1) is 16.0 Å². The summed E-state index contributed by atoms with van der Waals surface area (Å²) in [5.41, 5.74) is 0.405. The second-order valence-corrected chi connectivity index (χ2v) is 17.6. The molecule has 1 aliphatic rings. The van der Waals surface area contributed by atoms with Gasteiger partial charge in [-0.1, -0.05) is 67.8 Å². The first-order chi connectivity index (χ1) is 10.5. The number of rotatable bonds is 3. The van der Waals surface area contributed by atoms with E-state index in [4.69, 9.17) is 9.47 Å². The average Bonchev–Trinajstić information content (AvgIpc) is 2.43. The van der Waals surface area contributed by atoms with Gasteiger partial charge in [-0.25, -0.2) is 0 Å². The van der Waals surface area contributed by atoms with Crippen molar-refractivity contribution in [1.82, 2.24) is 0 Å². The largest absolute Gasteiger partial charge is 0.493 e. The van der Waals surface area contributed by atoms with Gasteiger partial charge in [0, 0.05) is 6.07 Å². The minimum atomic E-state index is -0.468. The molecule has 0 saturated heterocycles. The number of nitro benzene ring substituents is 1. The molecule has 1 unspecified atom stereocenters. The fourth-order valence-electron chi connectivity index (χ4n) is 2.03. The van der Waals surface area contributed by atoms with E-state index >= 15 is 0 Å². The van der Waals surface area contributed by atoms with Gasteiger partial charge < -0.3 is 9.47 Å². The Balaban J connectivity index is 0.000000463. The van der Waals surface area contributed by atoms with Crippen LogP contribution in [0.15, 0.2) is 12.1 Å². The Bertz CT molecular complexity index is 595. The minimum absolute atomic E-state index is 0.0298. The highest BCUT2D eigenvalue weighted by Crippen LogP contribution is 2.41. The highest BCUT2D eigenvalue weighted by Gasteiger charge is 2.31. The molecular formula is C14H16I3NO5. The molecule has 0 N–H and O–H groups in total. The van der Waals surface area contributed by atoms with Crippen LogP contribution in [-0.2, 0) is 11.2 Å². The van der Waals surface area contributed by atoms with Crippen LogP contribution >= 0.6 is 67.8 Å². The second kappa shape index (κ2) is 8.97. The van der Waals surface area contributed by atoms with Crippen LogP contribution in [-0.4, -0.2) is 23.9 Å². The van der Waals surface area contributed by atoms with Gasteiger partial charge in [0.1, 0.15) is 5.22 Å². The van der Waals surface area contributed by atoms with Crippen molar-refractivity contribution in [2.24, 2.45) is 5.92 Å². The predicted molar refractivity (Wildman–Crippen MR) is 113 cm³/mol. The number of carbonyl (C=O) groups excluding carboxylic acids is 1. The first-order valence-electron chi connectivity index (χ1n) is 6.58. The fraction of sp³-hybridized carbons (Fsp3) is 0.500. The number of carbonyl (C=O) groups is 1. The summed E-state index contributed by atoms with van der Waals surface area (Å²) in [6, 6.07) is 2.88. The zero-order chi connectivity index (χ0) is 17.8. The normalized spacial score (nSPS) is 16.3. The summed E-state index contributed by atoms with van der Waals surface area (Å²) in [5, 5.41) is 11.0. The van der Waals surface area contributed by atoms with Gasteiger partial charge >= 0.3 is 0 Å². The lowest BCUT2D eigenvalue weighted by Crippen LogP contribution is -2.27. The number of ketones is 1. The van der Waals surface area contributed by atoms with Crippen molar-refractivity contribution in [2.75, 3.05) is 13.7 Å². The summed E-state index contributed by atoms with van der Waals surface area (Å²) in [6.45, 7) is 3.85. The Kier molecular flexibility index (Phi) is 8.23. The number of Topliss-reactive ketones (excluding diaryl/α,β-unsaturated/α-hetero) is 1. The molecule has 9 heteroatoms. The van der Waals surface area contributed by atoms with Crippen molar-refractivity contribution in [3.63, 3.8) is 0 Å². The summed E-state index contributed by atoms with van der Waals surface area (Å²) >= 11 is 7.05. The molecule has 0 bridgehead atoms. The van der Waals surface area contributed by atoms with Crippen molar-refractivity contribution in [2.45, 2.75) is 19.7 Å². The highest BCUT2D eigenvalue weighted by molar-refractivity contribution is 14.3. The maximum absolute atomic E-state index is 11.4. The predicted octanol–water partition coefficient (Wildman–Crippen LogP) is 4.71. The lowest BCUT2D eigenvalue weighted by atomic mass is 9.92. The molecule has 2 rings (SSSR count). The maximum atomic E-state index is 11.4. The lowest BCUT2D eigenvalue weighted by Gasteiger charge is -2.24. The number of benzene rings is 1. The Hall–Kier alpha value is 0.0800. The molecule has 1 aliphatic heterocycles. The Morgan fingerprint density at radius 2 is 2.00 bits per heavy atom. The van der Waals surface area contributed by atoms with E-state index in [9.17, 15) is 14.9 Å². The van der Waals surface area contributed by atoms with Crippen LogP contribution in [0.25, 0.3) is 0 Å². The Morgan fingerprint density at radius 1 is 1.43 bits per heavy atom. The molecule has 128 valence electrons. The lowest BCUT2D eigenvalue weighted by molar-refractivity contribution is -0.385. The summed E-state index contributed by atoms with van der Waals surface area (Å²) < 4.78 is 11.0. The van der Waals surface area contributed by atoms with Crippen LogP contribution < -0.4 is 9.47 Å². The number of nitrogens with zero attached hydrogens (tertiary/aromatic N) is 1. The van der Waals surface area contributed by atoms with E-state index in [1.54, 1.807) is 0 Å². The molecule has 0 fully saturated rings. The van der Waals surface area contributed by atoms with Crippen LogP contribution in [0.5, 0.6) is 11.5 Å². The number of fused-ring (bicyclic) bond motifs is 1. The molecule has 1 aromatic rings. The van der Waals surface area contributed by atoms with Gasteiger partial charge in [0.2, 0.25) is 0 Å². The Labute approximate surface area is 175 Å². The van der Waals surface area contributed by atoms with E-state index in [-0.39, 0.29) is 24.0 Å². The average molecular weight is 659 g/mol. The molecule has 1 heterocycles. The first kappa shape index (κ1) is 21.1. The van der Waals surface area contributed by atoms with E-state index in [2.05, 4.69) is 74.7 Å². The molecule has 1 aromatic carbocycles. The van der Waals surface area contributed by atoms with Crippen molar-refractivity contribution < 1.29 is 19.2 Å². The summed E-state index contributed by atoms with van der Waals surface area (Å²) in [4.78, 5) is 21.9. The van der Waals surface area contributed by atoms with Crippen LogP contribution in [0.3, 0.4) is 0 Å². The molecular weight excluding hydrogens is 643 g/mol. The number of nitro groups is 1. The molecule has 1 atom stereocenters. The topological polar surface area (TPSA) is 78.7 Å². The van der Waals surface area contributed by atoms with Gasteiger partial charge in [-0.05, 0) is 26.3 Å². The van der Waals surface area contributed by atoms with E-state index < -0.39 is 4.92 Å². The van der Waals surface area contributed by atoms with Crippen molar-refractivity contribution in [3.05, 3.63) is 27.8 Å². The van der Waals surface area contributed by atoms with Crippen LogP contribution in [0.1, 0.15) is 19.4 Å². The molecule has 0 aliphatic carbocycles. The zero-order valence-corrected chi connectivity index (χ0v) is 19.2. The third-order valence-electron chi connectivity index (χ3n) is 3.07. The third kappa shape index (κ3) is 6.84. The highest BCUT2D eigenvalue weighted by atomic mass is 127. The summed E-state index contributed by atoms with van der Waals surface area (Å²) in [6.07, 6.45) is 0.318. The van der Waals surface area contributed by atoms with Gasteiger partial charge in [0.25, 0.3) is 5.69 Å². The van der Waals surface area contributed by atoms with Crippen molar-refractivity contribution in [3.8, 4) is 11.5 Å².